The molecule has 0 fully saturated rings. The van der Waals surface area contributed by atoms with E-state index in [1.807, 2.05) is 0 Å². The van der Waals surface area contributed by atoms with Crippen molar-refractivity contribution in [1.29, 1.82) is 0 Å². The number of furan rings is 1. The SMILES string of the molecule is CN(CC(=O)NCc1ccco1)S(=O)(=O)c1ccc(-c2ccc(=O)[nH]n2)s1. The van der Waals surface area contributed by atoms with E-state index in [1.165, 1.54) is 31.5 Å². The lowest BCUT2D eigenvalue weighted by atomic mass is 10.3. The van der Waals surface area contributed by atoms with Crippen LogP contribution in [0.15, 0.2) is 56.1 Å². The smallest absolute Gasteiger partial charge is 0.264 e. The number of hydrogen-bond acceptors (Lipinski definition) is 7. The van der Waals surface area contributed by atoms with Gasteiger partial charge >= 0.3 is 0 Å². The third-order valence-corrected chi connectivity index (χ3v) is 6.96. The summed E-state index contributed by atoms with van der Waals surface area (Å²) in [4.78, 5) is 23.6. The number of nitrogens with one attached hydrogen (secondary N) is 2. The molecule has 0 saturated heterocycles. The van der Waals surface area contributed by atoms with E-state index in [0.29, 0.717) is 16.3 Å². The second kappa shape index (κ2) is 7.86. The number of thiophene rings is 1. The summed E-state index contributed by atoms with van der Waals surface area (Å²) < 4.78 is 31.5. The Bertz CT molecular complexity index is 1070. The van der Waals surface area contributed by atoms with E-state index >= 15 is 0 Å². The standard InChI is InChI=1S/C16H16N4O5S2/c1-20(10-15(22)17-9-11-3-2-8-25-11)27(23,24)16-7-5-13(26-16)12-4-6-14(21)19-18-12/h2-8H,9-10H2,1H3,(H,17,22)(H,19,21). The van der Waals surface area contributed by atoms with Gasteiger partial charge in [0.2, 0.25) is 5.91 Å². The zero-order valence-corrected chi connectivity index (χ0v) is 15.8. The van der Waals surface area contributed by atoms with Crippen LogP contribution in [0.2, 0.25) is 0 Å². The largest absolute Gasteiger partial charge is 0.467 e. The van der Waals surface area contributed by atoms with Crippen molar-refractivity contribution in [1.82, 2.24) is 19.8 Å². The Morgan fingerprint density at radius 1 is 1.30 bits per heavy atom. The number of carbonyl (C=O) groups excluding carboxylic acids is 1. The number of hydrogen-bond donors (Lipinski definition) is 2. The minimum absolute atomic E-state index is 0.0758. The minimum atomic E-state index is -3.83. The van der Waals surface area contributed by atoms with Crippen LogP contribution < -0.4 is 10.9 Å². The van der Waals surface area contributed by atoms with Gasteiger partial charge in [-0.3, -0.25) is 9.59 Å². The molecule has 0 saturated carbocycles. The lowest BCUT2D eigenvalue weighted by Gasteiger charge is -2.15. The molecule has 3 aromatic heterocycles. The summed E-state index contributed by atoms with van der Waals surface area (Å²) in [6.07, 6.45) is 1.49. The second-order valence-corrected chi connectivity index (χ2v) is 8.90. The highest BCUT2D eigenvalue weighted by Crippen LogP contribution is 2.30. The van der Waals surface area contributed by atoms with Crippen molar-refractivity contribution in [2.24, 2.45) is 0 Å². The van der Waals surface area contributed by atoms with Gasteiger partial charge in [-0.1, -0.05) is 0 Å². The van der Waals surface area contributed by atoms with Gasteiger partial charge < -0.3 is 9.73 Å². The van der Waals surface area contributed by atoms with Crippen molar-refractivity contribution in [3.8, 4) is 10.6 Å². The minimum Gasteiger partial charge on any atom is -0.467 e. The molecule has 3 aromatic rings. The summed E-state index contributed by atoms with van der Waals surface area (Å²) in [6, 6.07) is 9.27. The number of sulfonamides is 1. The fourth-order valence-electron chi connectivity index (χ4n) is 2.17. The normalized spacial score (nSPS) is 11.6. The number of rotatable bonds is 7. The lowest BCUT2D eigenvalue weighted by Crippen LogP contribution is -2.37. The van der Waals surface area contributed by atoms with Crippen molar-refractivity contribution in [2.75, 3.05) is 13.6 Å². The quantitative estimate of drug-likeness (QED) is 0.601. The molecule has 142 valence electrons. The predicted octanol–water partition coefficient (Wildman–Crippen LogP) is 1.03. The molecule has 0 aliphatic carbocycles. The topological polar surface area (TPSA) is 125 Å². The molecule has 0 aliphatic heterocycles. The summed E-state index contributed by atoms with van der Waals surface area (Å²) in [6.45, 7) is -0.145. The summed E-state index contributed by atoms with van der Waals surface area (Å²) >= 11 is 1.00. The van der Waals surface area contributed by atoms with Crippen LogP contribution in [0.3, 0.4) is 0 Å². The van der Waals surface area contributed by atoms with Gasteiger partial charge in [0.15, 0.2) is 0 Å². The van der Waals surface area contributed by atoms with Crippen molar-refractivity contribution in [2.45, 2.75) is 10.8 Å². The van der Waals surface area contributed by atoms with E-state index in [1.54, 1.807) is 18.2 Å². The van der Waals surface area contributed by atoms with Crippen molar-refractivity contribution < 1.29 is 17.6 Å². The molecule has 0 radical (unpaired) electrons. The molecule has 1 amide bonds. The number of aromatic amines is 1. The van der Waals surface area contributed by atoms with Gasteiger partial charge in [-0.15, -0.1) is 11.3 Å². The van der Waals surface area contributed by atoms with E-state index in [-0.39, 0.29) is 22.9 Å². The van der Waals surface area contributed by atoms with Crippen LogP contribution in [0.1, 0.15) is 5.76 Å². The number of nitrogens with zero attached hydrogens (tertiary/aromatic N) is 2. The Kier molecular flexibility index (Phi) is 5.54. The van der Waals surface area contributed by atoms with E-state index in [2.05, 4.69) is 15.5 Å². The Morgan fingerprint density at radius 3 is 2.78 bits per heavy atom. The molecular formula is C16H16N4O5S2. The van der Waals surface area contributed by atoms with E-state index in [9.17, 15) is 18.0 Å². The van der Waals surface area contributed by atoms with Gasteiger partial charge in [-0.05, 0) is 30.3 Å². The molecule has 0 spiro atoms. The first-order valence-corrected chi connectivity index (χ1v) is 10.0. The zero-order chi connectivity index (χ0) is 19.4. The highest BCUT2D eigenvalue weighted by Gasteiger charge is 2.25. The van der Waals surface area contributed by atoms with Crippen molar-refractivity contribution in [3.05, 3.63) is 58.8 Å². The van der Waals surface area contributed by atoms with Gasteiger partial charge in [0.1, 0.15) is 15.7 Å². The van der Waals surface area contributed by atoms with Gasteiger partial charge in [-0.25, -0.2) is 13.5 Å². The molecule has 27 heavy (non-hydrogen) atoms. The maximum atomic E-state index is 12.7. The summed E-state index contributed by atoms with van der Waals surface area (Å²) in [7, 11) is -2.50. The molecular weight excluding hydrogens is 392 g/mol. The van der Waals surface area contributed by atoms with Gasteiger partial charge in [0.25, 0.3) is 15.6 Å². The van der Waals surface area contributed by atoms with Crippen molar-refractivity contribution >= 4 is 27.3 Å². The Morgan fingerprint density at radius 2 is 2.11 bits per heavy atom. The monoisotopic (exact) mass is 408 g/mol. The summed E-state index contributed by atoms with van der Waals surface area (Å²) in [5.74, 6) is 0.127. The first-order valence-electron chi connectivity index (χ1n) is 7.77. The first kappa shape index (κ1) is 19.0. The fraction of sp³-hybridized carbons (Fsp3) is 0.188. The van der Waals surface area contributed by atoms with E-state index in [0.717, 1.165) is 15.6 Å². The molecule has 0 aliphatic rings. The van der Waals surface area contributed by atoms with Crippen LogP contribution in [0, 0.1) is 0 Å². The van der Waals surface area contributed by atoms with E-state index in [4.69, 9.17) is 4.42 Å². The predicted molar refractivity (Wildman–Crippen MR) is 98.5 cm³/mol. The molecule has 9 nitrogen and oxygen atoms in total. The number of carbonyl (C=O) groups is 1. The Hall–Kier alpha value is -2.76. The van der Waals surface area contributed by atoms with Gasteiger partial charge in [0.05, 0.1) is 24.2 Å². The molecule has 0 atom stereocenters. The van der Waals surface area contributed by atoms with Crippen LogP contribution in [0.25, 0.3) is 10.6 Å². The van der Waals surface area contributed by atoms with Crippen LogP contribution in [-0.4, -0.2) is 42.4 Å². The molecule has 3 heterocycles. The first-order chi connectivity index (χ1) is 12.9. The average molecular weight is 408 g/mol. The van der Waals surface area contributed by atoms with Crippen LogP contribution >= 0.6 is 11.3 Å². The third-order valence-electron chi connectivity index (χ3n) is 3.58. The van der Waals surface area contributed by atoms with Crippen LogP contribution in [0.5, 0.6) is 0 Å². The van der Waals surface area contributed by atoms with E-state index < -0.39 is 15.9 Å². The zero-order valence-electron chi connectivity index (χ0n) is 14.2. The summed E-state index contributed by atoms with van der Waals surface area (Å²) in [5, 5.41) is 8.78. The second-order valence-electron chi connectivity index (χ2n) is 5.54. The lowest BCUT2D eigenvalue weighted by molar-refractivity contribution is -0.121. The fourth-order valence-corrected chi connectivity index (χ4v) is 4.79. The third kappa shape index (κ3) is 4.51. The Balaban J connectivity index is 1.67. The molecule has 11 heteroatoms. The molecule has 0 unspecified atom stereocenters. The average Bonchev–Trinajstić information content (AvgIpc) is 3.32. The number of aromatic nitrogens is 2. The highest BCUT2D eigenvalue weighted by molar-refractivity contribution is 7.91. The molecule has 3 rings (SSSR count). The highest BCUT2D eigenvalue weighted by atomic mass is 32.2. The van der Waals surface area contributed by atoms with Gasteiger partial charge in [0, 0.05) is 13.1 Å². The molecule has 0 aromatic carbocycles. The van der Waals surface area contributed by atoms with Crippen molar-refractivity contribution in [3.63, 3.8) is 0 Å². The maximum Gasteiger partial charge on any atom is 0.264 e. The number of likely N-dealkylation sites (N-methyl/N-ethyl adjacent to an activating group) is 1. The number of amides is 1. The number of H-pyrrole nitrogens is 1. The van der Waals surface area contributed by atoms with Gasteiger partial charge in [-0.2, -0.15) is 9.40 Å². The summed E-state index contributed by atoms with van der Waals surface area (Å²) in [5.41, 5.74) is 0.114. The molecule has 0 bridgehead atoms. The van der Waals surface area contributed by atoms with Crippen LogP contribution in [0.4, 0.5) is 0 Å². The Labute approximate surface area is 158 Å². The maximum absolute atomic E-state index is 12.7. The molecule has 2 N–H and O–H groups in total. The van der Waals surface area contributed by atoms with Crippen LogP contribution in [-0.2, 0) is 21.4 Å².